The molecule has 194 valence electrons. The Morgan fingerprint density at radius 3 is 1.58 bits per heavy atom. The standard InChI is InChI=1S/C33H32O5/c1-21-19-26(11-17-30(21)36-6)33(4,5)27-12-18-31(22(2)20-27)38-32(35)25-9-15-29(16-10-25)37-28-13-7-24(8-14-28)23(3)34/h7-20H,1-6H3. The maximum Gasteiger partial charge on any atom is 0.343 e. The number of methoxy groups -OCH3 is 1. The van der Waals surface area contributed by atoms with Crippen molar-refractivity contribution in [3.05, 3.63) is 118 Å². The van der Waals surface area contributed by atoms with Crippen LogP contribution in [0.5, 0.6) is 23.0 Å². The zero-order valence-corrected chi connectivity index (χ0v) is 22.6. The van der Waals surface area contributed by atoms with Gasteiger partial charge in [-0.2, -0.15) is 0 Å². The van der Waals surface area contributed by atoms with E-state index < -0.39 is 5.97 Å². The van der Waals surface area contributed by atoms with Gasteiger partial charge in [0.1, 0.15) is 23.0 Å². The van der Waals surface area contributed by atoms with E-state index >= 15 is 0 Å². The van der Waals surface area contributed by atoms with Gasteiger partial charge in [-0.25, -0.2) is 4.79 Å². The zero-order valence-electron chi connectivity index (χ0n) is 22.6. The molecule has 0 spiro atoms. The fourth-order valence-corrected chi connectivity index (χ4v) is 4.30. The first-order chi connectivity index (χ1) is 18.1. The fraction of sp³-hybridized carbons (Fsp3) is 0.212. The Kier molecular flexibility index (Phi) is 7.67. The lowest BCUT2D eigenvalue weighted by atomic mass is 9.77. The topological polar surface area (TPSA) is 61.8 Å². The number of esters is 1. The molecule has 5 nitrogen and oxygen atoms in total. The van der Waals surface area contributed by atoms with E-state index in [1.165, 1.54) is 12.5 Å². The number of hydrogen-bond donors (Lipinski definition) is 0. The average Bonchev–Trinajstić information content (AvgIpc) is 2.90. The van der Waals surface area contributed by atoms with E-state index in [1.807, 2.05) is 32.0 Å². The van der Waals surface area contributed by atoms with Crippen LogP contribution in [0.15, 0.2) is 84.9 Å². The Morgan fingerprint density at radius 2 is 1.13 bits per heavy atom. The maximum absolute atomic E-state index is 12.8. The molecule has 0 saturated carbocycles. The molecule has 0 saturated heterocycles. The second kappa shape index (κ2) is 10.9. The van der Waals surface area contributed by atoms with Gasteiger partial charge in [-0.05, 0) is 104 Å². The molecule has 0 radical (unpaired) electrons. The van der Waals surface area contributed by atoms with Crippen LogP contribution in [0, 0.1) is 13.8 Å². The van der Waals surface area contributed by atoms with Crippen molar-refractivity contribution in [2.24, 2.45) is 0 Å². The molecular formula is C33H32O5. The highest BCUT2D eigenvalue weighted by atomic mass is 16.5. The molecule has 0 aliphatic heterocycles. The Labute approximate surface area is 224 Å². The lowest BCUT2D eigenvalue weighted by Gasteiger charge is -2.27. The fourth-order valence-electron chi connectivity index (χ4n) is 4.30. The van der Waals surface area contributed by atoms with Gasteiger partial charge >= 0.3 is 5.97 Å². The molecule has 0 fully saturated rings. The van der Waals surface area contributed by atoms with Crippen LogP contribution in [0.1, 0.15) is 63.7 Å². The van der Waals surface area contributed by atoms with Gasteiger partial charge in [0.25, 0.3) is 0 Å². The molecule has 0 atom stereocenters. The molecule has 4 aromatic carbocycles. The van der Waals surface area contributed by atoms with Crippen molar-refractivity contribution in [1.29, 1.82) is 0 Å². The number of ether oxygens (including phenoxy) is 3. The van der Waals surface area contributed by atoms with Crippen molar-refractivity contribution in [2.75, 3.05) is 7.11 Å². The van der Waals surface area contributed by atoms with Crippen LogP contribution in [-0.2, 0) is 5.41 Å². The van der Waals surface area contributed by atoms with Gasteiger partial charge in [0, 0.05) is 11.0 Å². The first kappa shape index (κ1) is 26.7. The summed E-state index contributed by atoms with van der Waals surface area (Å²) in [5.41, 5.74) is 5.06. The second-order valence-electron chi connectivity index (χ2n) is 9.89. The molecule has 0 heterocycles. The van der Waals surface area contributed by atoms with E-state index in [4.69, 9.17) is 14.2 Å². The highest BCUT2D eigenvalue weighted by Crippen LogP contribution is 2.36. The van der Waals surface area contributed by atoms with Crippen molar-refractivity contribution in [2.45, 2.75) is 40.0 Å². The monoisotopic (exact) mass is 508 g/mol. The summed E-state index contributed by atoms with van der Waals surface area (Å²) in [6.45, 7) is 9.85. The Balaban J connectivity index is 1.44. The van der Waals surface area contributed by atoms with Gasteiger partial charge in [0.2, 0.25) is 0 Å². The minimum Gasteiger partial charge on any atom is -0.496 e. The largest absolute Gasteiger partial charge is 0.496 e. The van der Waals surface area contributed by atoms with Crippen LogP contribution in [0.4, 0.5) is 0 Å². The second-order valence-corrected chi connectivity index (χ2v) is 9.89. The summed E-state index contributed by atoms with van der Waals surface area (Å²) in [6.07, 6.45) is 0. The van der Waals surface area contributed by atoms with E-state index in [0.29, 0.717) is 28.4 Å². The van der Waals surface area contributed by atoms with Crippen LogP contribution in [0.2, 0.25) is 0 Å². The normalized spacial score (nSPS) is 11.1. The molecule has 5 heteroatoms. The third-order valence-electron chi connectivity index (χ3n) is 6.80. The summed E-state index contributed by atoms with van der Waals surface area (Å²) < 4.78 is 16.9. The van der Waals surface area contributed by atoms with Crippen LogP contribution < -0.4 is 14.2 Å². The smallest absolute Gasteiger partial charge is 0.343 e. The van der Waals surface area contributed by atoms with Crippen molar-refractivity contribution in [3.63, 3.8) is 0 Å². The first-order valence-electron chi connectivity index (χ1n) is 12.5. The van der Waals surface area contributed by atoms with E-state index in [1.54, 1.807) is 55.6 Å². The predicted octanol–water partition coefficient (Wildman–Crippen LogP) is 7.85. The van der Waals surface area contributed by atoms with Crippen molar-refractivity contribution in [3.8, 4) is 23.0 Å². The van der Waals surface area contributed by atoms with Crippen LogP contribution in [0.3, 0.4) is 0 Å². The molecular weight excluding hydrogens is 476 g/mol. The van der Waals surface area contributed by atoms with Crippen LogP contribution >= 0.6 is 0 Å². The number of carbonyl (C=O) groups excluding carboxylic acids is 2. The van der Waals surface area contributed by atoms with E-state index in [2.05, 4.69) is 32.0 Å². The zero-order chi connectivity index (χ0) is 27.4. The van der Waals surface area contributed by atoms with Crippen molar-refractivity contribution in [1.82, 2.24) is 0 Å². The lowest BCUT2D eigenvalue weighted by molar-refractivity contribution is 0.0733. The third kappa shape index (κ3) is 5.78. The molecule has 0 N–H and O–H groups in total. The molecule has 0 unspecified atom stereocenters. The number of aryl methyl sites for hydroxylation is 2. The van der Waals surface area contributed by atoms with Gasteiger partial charge in [0.05, 0.1) is 12.7 Å². The Hall–Kier alpha value is -4.38. The highest BCUT2D eigenvalue weighted by molar-refractivity contribution is 5.94. The van der Waals surface area contributed by atoms with Crippen LogP contribution in [-0.4, -0.2) is 18.9 Å². The number of ketones is 1. The Bertz CT molecular complexity index is 1460. The molecule has 4 rings (SSSR count). The van der Waals surface area contributed by atoms with Gasteiger partial charge in [-0.1, -0.05) is 38.1 Å². The van der Waals surface area contributed by atoms with Gasteiger partial charge in [-0.15, -0.1) is 0 Å². The number of rotatable bonds is 8. The lowest BCUT2D eigenvalue weighted by Crippen LogP contribution is -2.19. The van der Waals surface area contributed by atoms with Crippen LogP contribution in [0.25, 0.3) is 0 Å². The van der Waals surface area contributed by atoms with Gasteiger partial charge in [0.15, 0.2) is 5.78 Å². The summed E-state index contributed by atoms with van der Waals surface area (Å²) in [5, 5.41) is 0. The molecule has 38 heavy (non-hydrogen) atoms. The van der Waals surface area contributed by atoms with E-state index in [-0.39, 0.29) is 11.2 Å². The minimum atomic E-state index is -0.441. The number of benzene rings is 4. The summed E-state index contributed by atoms with van der Waals surface area (Å²) in [6, 6.07) is 25.8. The van der Waals surface area contributed by atoms with Gasteiger partial charge < -0.3 is 14.2 Å². The quantitative estimate of drug-likeness (QED) is 0.138. The SMILES string of the molecule is COc1ccc(C(C)(C)c2ccc(OC(=O)c3ccc(Oc4ccc(C(C)=O)cc4)cc3)c(C)c2)cc1C. The molecule has 0 aromatic heterocycles. The minimum absolute atomic E-state index is 0.000303. The summed E-state index contributed by atoms with van der Waals surface area (Å²) in [7, 11) is 1.68. The van der Waals surface area contributed by atoms with E-state index in [0.717, 1.165) is 22.4 Å². The van der Waals surface area contributed by atoms with E-state index in [9.17, 15) is 9.59 Å². The summed E-state index contributed by atoms with van der Waals surface area (Å²) >= 11 is 0. The highest BCUT2D eigenvalue weighted by Gasteiger charge is 2.25. The first-order valence-corrected chi connectivity index (χ1v) is 12.5. The number of carbonyl (C=O) groups is 2. The summed E-state index contributed by atoms with van der Waals surface area (Å²) in [4.78, 5) is 24.3. The number of Topliss-reactive ketones (excluding diaryl/α,β-unsaturated/α-hetero) is 1. The molecule has 4 aromatic rings. The molecule has 0 aliphatic carbocycles. The maximum atomic E-state index is 12.8. The number of hydrogen-bond acceptors (Lipinski definition) is 5. The Morgan fingerprint density at radius 1 is 0.658 bits per heavy atom. The van der Waals surface area contributed by atoms with Crippen molar-refractivity contribution >= 4 is 11.8 Å². The third-order valence-corrected chi connectivity index (χ3v) is 6.80. The summed E-state index contributed by atoms with van der Waals surface area (Å²) in [5.74, 6) is 2.13. The average molecular weight is 509 g/mol. The van der Waals surface area contributed by atoms with Crippen molar-refractivity contribution < 1.29 is 23.8 Å². The molecule has 0 bridgehead atoms. The van der Waals surface area contributed by atoms with Gasteiger partial charge in [-0.3, -0.25) is 4.79 Å². The molecule has 0 amide bonds. The predicted molar refractivity (Wildman–Crippen MR) is 149 cm³/mol. The molecule has 0 aliphatic rings.